The van der Waals surface area contributed by atoms with Crippen LogP contribution >= 0.6 is 0 Å². The van der Waals surface area contributed by atoms with Gasteiger partial charge in [0.1, 0.15) is 17.3 Å². The van der Waals surface area contributed by atoms with Gasteiger partial charge in [-0.1, -0.05) is 0 Å². The summed E-state index contributed by atoms with van der Waals surface area (Å²) >= 11 is 0. The number of aromatic amines is 1. The summed E-state index contributed by atoms with van der Waals surface area (Å²) in [5, 5.41) is 23.7. The molecule has 0 aliphatic carbocycles. The molecule has 0 fully saturated rings. The van der Waals surface area contributed by atoms with Gasteiger partial charge in [-0.3, -0.25) is 9.89 Å². The van der Waals surface area contributed by atoms with Crippen molar-refractivity contribution in [2.45, 2.75) is 26.7 Å². The van der Waals surface area contributed by atoms with Gasteiger partial charge >= 0.3 is 0 Å². The molecule has 0 aliphatic rings. The molecule has 4 heterocycles. The number of aromatic nitrogens is 5. The average Bonchev–Trinajstić information content (AvgIpc) is 3.43. The van der Waals surface area contributed by atoms with E-state index in [2.05, 4.69) is 31.7 Å². The summed E-state index contributed by atoms with van der Waals surface area (Å²) in [7, 11) is 0. The van der Waals surface area contributed by atoms with Gasteiger partial charge in [0, 0.05) is 24.0 Å². The average molecular weight is 389 g/mol. The van der Waals surface area contributed by atoms with Crippen LogP contribution in [0.2, 0.25) is 0 Å². The molecule has 2 N–H and O–H groups in total. The monoisotopic (exact) mass is 389 g/mol. The van der Waals surface area contributed by atoms with E-state index in [1.165, 1.54) is 0 Å². The Labute approximate surface area is 166 Å². The zero-order chi connectivity index (χ0) is 20.4. The Bertz CT molecular complexity index is 1210. The minimum absolute atomic E-state index is 0.275. The zero-order valence-electron chi connectivity index (χ0n) is 16.1. The molecule has 0 aliphatic heterocycles. The van der Waals surface area contributed by atoms with Gasteiger partial charge in [0.2, 0.25) is 0 Å². The van der Waals surface area contributed by atoms with Crippen LogP contribution in [0.15, 0.2) is 34.9 Å². The fourth-order valence-electron chi connectivity index (χ4n) is 3.20. The lowest BCUT2D eigenvalue weighted by Gasteiger charge is -2.02. The number of nitrogens with zero attached hydrogens (tertiary/aromatic N) is 5. The summed E-state index contributed by atoms with van der Waals surface area (Å²) in [5.41, 5.74) is 4.44. The van der Waals surface area contributed by atoms with Crippen molar-refractivity contribution in [3.05, 3.63) is 58.9 Å². The highest BCUT2D eigenvalue weighted by Gasteiger charge is 2.16. The van der Waals surface area contributed by atoms with E-state index in [1.807, 2.05) is 19.9 Å². The molecule has 4 rings (SSSR count). The van der Waals surface area contributed by atoms with E-state index in [0.717, 1.165) is 11.4 Å². The number of hydrogen-bond acceptors (Lipinski definition) is 6. The first-order chi connectivity index (χ1) is 14.1. The molecule has 0 saturated carbocycles. The standard InChI is InChI=1S/C20H19N7O2/c1-12-9-13(2)27-19(23-12)14(11-21)15(26-27)5-3-7-22-20(28)17-10-16(24-25-17)18-6-4-8-29-18/h4,6,8-10H,3,5,7H2,1-2H3,(H,22,28)(H,24,25). The number of carbonyl (C=O) groups is 1. The highest BCUT2D eigenvalue weighted by molar-refractivity contribution is 5.93. The van der Waals surface area contributed by atoms with E-state index in [0.29, 0.717) is 47.7 Å². The second-order valence-corrected chi connectivity index (χ2v) is 6.71. The van der Waals surface area contributed by atoms with Gasteiger partial charge in [-0.2, -0.15) is 15.5 Å². The predicted molar refractivity (Wildman–Crippen MR) is 104 cm³/mol. The first-order valence-electron chi connectivity index (χ1n) is 9.20. The summed E-state index contributed by atoms with van der Waals surface area (Å²) < 4.78 is 6.97. The number of rotatable bonds is 6. The molecular formula is C20H19N7O2. The smallest absolute Gasteiger partial charge is 0.271 e. The number of hydrogen-bond donors (Lipinski definition) is 2. The van der Waals surface area contributed by atoms with Crippen LogP contribution in [0.25, 0.3) is 17.1 Å². The third-order valence-electron chi connectivity index (χ3n) is 4.55. The van der Waals surface area contributed by atoms with Crippen LogP contribution in [0.3, 0.4) is 0 Å². The molecule has 0 aromatic carbocycles. The number of nitriles is 1. The lowest BCUT2D eigenvalue weighted by atomic mass is 10.1. The van der Waals surface area contributed by atoms with Crippen LogP contribution in [0.5, 0.6) is 0 Å². The second kappa shape index (κ2) is 7.59. The normalized spacial score (nSPS) is 10.9. The number of fused-ring (bicyclic) bond motifs is 1. The summed E-state index contributed by atoms with van der Waals surface area (Å²) in [6.07, 6.45) is 2.75. The largest absolute Gasteiger partial charge is 0.463 e. The molecule has 29 heavy (non-hydrogen) atoms. The molecule has 0 spiro atoms. The second-order valence-electron chi connectivity index (χ2n) is 6.71. The zero-order valence-corrected chi connectivity index (χ0v) is 16.1. The van der Waals surface area contributed by atoms with E-state index in [9.17, 15) is 10.1 Å². The van der Waals surface area contributed by atoms with Gasteiger partial charge < -0.3 is 9.73 Å². The van der Waals surface area contributed by atoms with Crippen molar-refractivity contribution < 1.29 is 9.21 Å². The maximum Gasteiger partial charge on any atom is 0.271 e. The molecule has 4 aromatic rings. The molecule has 0 radical (unpaired) electrons. The van der Waals surface area contributed by atoms with Crippen molar-refractivity contribution in [3.63, 3.8) is 0 Å². The van der Waals surface area contributed by atoms with E-state index in [-0.39, 0.29) is 11.6 Å². The van der Waals surface area contributed by atoms with E-state index >= 15 is 0 Å². The highest BCUT2D eigenvalue weighted by Crippen LogP contribution is 2.18. The van der Waals surface area contributed by atoms with Crippen LogP contribution < -0.4 is 5.32 Å². The quantitative estimate of drug-likeness (QED) is 0.488. The van der Waals surface area contributed by atoms with Crippen LogP contribution in [0.1, 0.15) is 39.6 Å². The van der Waals surface area contributed by atoms with Gasteiger partial charge in [-0.15, -0.1) is 0 Å². The van der Waals surface area contributed by atoms with E-state index < -0.39 is 0 Å². The van der Waals surface area contributed by atoms with Crippen molar-refractivity contribution in [2.24, 2.45) is 0 Å². The fraction of sp³-hybridized carbons (Fsp3) is 0.250. The fourth-order valence-corrected chi connectivity index (χ4v) is 3.20. The Hall–Kier alpha value is -3.93. The molecule has 146 valence electrons. The van der Waals surface area contributed by atoms with Crippen molar-refractivity contribution in [3.8, 4) is 17.5 Å². The van der Waals surface area contributed by atoms with Gasteiger partial charge in [0.25, 0.3) is 5.91 Å². The number of carbonyl (C=O) groups excluding carboxylic acids is 1. The van der Waals surface area contributed by atoms with Crippen LogP contribution in [0.4, 0.5) is 0 Å². The van der Waals surface area contributed by atoms with E-state index in [1.54, 1.807) is 29.0 Å². The molecule has 0 saturated heterocycles. The lowest BCUT2D eigenvalue weighted by Crippen LogP contribution is -2.25. The summed E-state index contributed by atoms with van der Waals surface area (Å²) in [6, 6.07) is 9.32. The first-order valence-corrected chi connectivity index (χ1v) is 9.20. The number of furan rings is 1. The molecule has 0 unspecified atom stereocenters. The van der Waals surface area contributed by atoms with Crippen LogP contribution in [0, 0.1) is 25.2 Å². The van der Waals surface area contributed by atoms with Crippen molar-refractivity contribution in [1.29, 1.82) is 5.26 Å². The summed E-state index contributed by atoms with van der Waals surface area (Å²) in [4.78, 5) is 16.7. The number of H-pyrrole nitrogens is 1. The van der Waals surface area contributed by atoms with Crippen molar-refractivity contribution in [2.75, 3.05) is 6.54 Å². The van der Waals surface area contributed by atoms with Crippen LogP contribution in [-0.2, 0) is 6.42 Å². The Morgan fingerprint density at radius 1 is 1.38 bits per heavy atom. The highest BCUT2D eigenvalue weighted by atomic mass is 16.3. The van der Waals surface area contributed by atoms with Gasteiger partial charge in [0.15, 0.2) is 17.1 Å². The number of nitrogens with one attached hydrogen (secondary N) is 2. The van der Waals surface area contributed by atoms with Crippen LogP contribution in [-0.4, -0.2) is 37.2 Å². The van der Waals surface area contributed by atoms with Gasteiger partial charge in [-0.25, -0.2) is 9.50 Å². The SMILES string of the molecule is Cc1cc(C)n2nc(CCCNC(=O)c3cc(-c4ccco4)[nH]n3)c(C#N)c2n1. The molecule has 4 aromatic heterocycles. The predicted octanol–water partition coefficient (Wildman–Crippen LogP) is 2.56. The maximum absolute atomic E-state index is 12.3. The molecule has 9 heteroatoms. The number of amides is 1. The minimum Gasteiger partial charge on any atom is -0.463 e. The van der Waals surface area contributed by atoms with Crippen molar-refractivity contribution in [1.82, 2.24) is 30.1 Å². The number of aryl methyl sites for hydroxylation is 3. The Kier molecular flexibility index (Phi) is 4.83. The molecular weight excluding hydrogens is 370 g/mol. The maximum atomic E-state index is 12.3. The Morgan fingerprint density at radius 3 is 3.00 bits per heavy atom. The topological polar surface area (TPSA) is 125 Å². The Morgan fingerprint density at radius 2 is 2.24 bits per heavy atom. The van der Waals surface area contributed by atoms with Crippen molar-refractivity contribution >= 4 is 11.6 Å². The lowest BCUT2D eigenvalue weighted by molar-refractivity contribution is 0.0948. The summed E-state index contributed by atoms with van der Waals surface area (Å²) in [5.74, 6) is 0.342. The summed E-state index contributed by atoms with van der Waals surface area (Å²) in [6.45, 7) is 4.26. The van der Waals surface area contributed by atoms with Gasteiger partial charge in [0.05, 0.1) is 12.0 Å². The Balaban J connectivity index is 1.38. The molecule has 0 atom stereocenters. The third-order valence-corrected chi connectivity index (χ3v) is 4.55. The molecule has 9 nitrogen and oxygen atoms in total. The molecule has 1 amide bonds. The van der Waals surface area contributed by atoms with E-state index in [4.69, 9.17) is 4.42 Å². The third kappa shape index (κ3) is 3.60. The first kappa shape index (κ1) is 18.4. The minimum atomic E-state index is -0.275. The molecule has 0 bridgehead atoms. The van der Waals surface area contributed by atoms with Gasteiger partial charge in [-0.05, 0) is 44.9 Å².